The molecular formula is C67H65N9O15P+. The Morgan fingerprint density at radius 3 is 2.04 bits per heavy atom. The minimum atomic E-state index is -4.52. The number of hydrogen-bond donors (Lipinski definition) is 5. The first-order chi connectivity index (χ1) is 44.7. The Hall–Kier alpha value is -9.51. The first kappa shape index (κ1) is 62.7. The maximum Gasteiger partial charge on any atom is 0.573 e. The highest BCUT2D eigenvalue weighted by Crippen LogP contribution is 2.61. The molecule has 12 rings (SSSR count). The number of aryl methyl sites for hydroxylation is 1. The highest BCUT2D eigenvalue weighted by molar-refractivity contribution is 7.55. The summed E-state index contributed by atoms with van der Waals surface area (Å²) < 4.78 is 58.3. The molecular weight excluding hydrogens is 1200 g/mol. The highest BCUT2D eigenvalue weighted by atomic mass is 31.2. The number of nitriles is 1. The number of amides is 2. The van der Waals surface area contributed by atoms with E-state index in [9.17, 15) is 34.4 Å². The standard InChI is InChI=1S/C67H64N9O15P/c1-41-35-75(65(80)74-63(41)78)59-33-55(57(90-59)37-86-67(44-12-5-4-6-13-44,45-22-26-47(83-2)27-23-45)46-24-28-48(84-3)29-25-46)91-92(82,87-31-11-30-68)88-38-56-54(77)32-58(89-56)76-40-72-60-61(70-39-71-62(60)76)73-64(79)43-20-18-42(19-21-43)34-69-66(81)85-36-53-51-16-9-7-14-49(51)50-15-8-10-17-52(50)53/h4-10,12-29,35,39-40,53-59,77,82H,11,31-34,36-38H2,1-3H3,(H2-,69,70,71,73,74,78,79,80,81)/p+1/t54?,55?,56-,57-,58?,59-,92?/m1/s1. The normalized spacial score (nSPS) is 19.2. The van der Waals surface area contributed by atoms with Gasteiger partial charge in [0, 0.05) is 42.6 Å². The van der Waals surface area contributed by atoms with Crippen molar-refractivity contribution < 1.29 is 61.6 Å². The van der Waals surface area contributed by atoms with Crippen molar-refractivity contribution in [3.63, 3.8) is 0 Å². The van der Waals surface area contributed by atoms with Crippen LogP contribution in [0.2, 0.25) is 0 Å². The molecule has 24 nitrogen and oxygen atoms in total. The molecule has 0 radical (unpaired) electrons. The number of nitrogens with one attached hydrogen (secondary N) is 3. The molecule has 0 saturated carbocycles. The van der Waals surface area contributed by atoms with Gasteiger partial charge in [-0.3, -0.25) is 23.7 Å². The summed E-state index contributed by atoms with van der Waals surface area (Å²) in [6.07, 6.45) is -3.23. The fourth-order valence-electron chi connectivity index (χ4n) is 11.8. The molecule has 7 atom stereocenters. The van der Waals surface area contributed by atoms with E-state index in [-0.39, 0.29) is 74.1 Å². The summed E-state index contributed by atoms with van der Waals surface area (Å²) in [6.45, 7) is 0.828. The second kappa shape index (κ2) is 27.5. The number of carbonyl (C=O) groups is 2. The van der Waals surface area contributed by atoms with Crippen LogP contribution in [0.1, 0.15) is 86.9 Å². The lowest BCUT2D eigenvalue weighted by Crippen LogP contribution is -2.39. The van der Waals surface area contributed by atoms with Gasteiger partial charge in [-0.25, -0.2) is 24.5 Å². The van der Waals surface area contributed by atoms with Gasteiger partial charge in [0.25, 0.3) is 11.5 Å². The number of methoxy groups -OCH3 is 2. The number of aliphatic hydroxyl groups excluding tert-OH is 1. The Labute approximate surface area is 527 Å². The van der Waals surface area contributed by atoms with Crippen molar-refractivity contribution in [3.8, 4) is 28.7 Å². The fourth-order valence-corrected chi connectivity index (χ4v) is 13.2. The Morgan fingerprint density at radius 2 is 1.38 bits per heavy atom. The van der Waals surface area contributed by atoms with Crippen LogP contribution < -0.4 is 31.4 Å². The summed E-state index contributed by atoms with van der Waals surface area (Å²) in [6, 6.07) is 49.2. The number of aliphatic hydroxyl groups is 1. The van der Waals surface area contributed by atoms with Crippen LogP contribution in [-0.2, 0) is 44.7 Å². The van der Waals surface area contributed by atoms with E-state index in [0.29, 0.717) is 28.2 Å². The molecule has 6 aromatic carbocycles. The number of imidazole rings is 1. The van der Waals surface area contributed by atoms with Crippen LogP contribution in [0.3, 0.4) is 0 Å². The van der Waals surface area contributed by atoms with Crippen LogP contribution in [0.25, 0.3) is 22.3 Å². The molecule has 5 heterocycles. The van der Waals surface area contributed by atoms with E-state index >= 15 is 0 Å². The molecule has 92 heavy (non-hydrogen) atoms. The fraction of sp³-hybridized carbons (Fsp3) is 0.284. The third-order valence-electron chi connectivity index (χ3n) is 16.5. The van der Waals surface area contributed by atoms with Crippen molar-refractivity contribution in [2.45, 2.75) is 81.1 Å². The van der Waals surface area contributed by atoms with Gasteiger partial charge in [0.1, 0.15) is 74.0 Å². The van der Waals surface area contributed by atoms with Crippen LogP contribution in [0, 0.1) is 18.3 Å². The summed E-state index contributed by atoms with van der Waals surface area (Å²) in [7, 11) is -1.38. The number of ether oxygens (including phenoxy) is 6. The number of aromatic nitrogens is 6. The van der Waals surface area contributed by atoms with Crippen molar-refractivity contribution in [2.24, 2.45) is 0 Å². The Bertz CT molecular complexity index is 4170. The van der Waals surface area contributed by atoms with Crippen molar-refractivity contribution in [3.05, 3.63) is 236 Å². The first-order valence-electron chi connectivity index (χ1n) is 29.7. The number of rotatable bonds is 24. The number of fused-ring (bicyclic) bond motifs is 4. The van der Waals surface area contributed by atoms with Crippen molar-refractivity contribution >= 4 is 37.2 Å². The zero-order valence-corrected chi connectivity index (χ0v) is 51.1. The molecule has 2 amide bonds. The second-order valence-electron chi connectivity index (χ2n) is 22.1. The topological polar surface area (TPSA) is 304 Å². The number of benzene rings is 6. The molecule has 0 spiro atoms. The monoisotopic (exact) mass is 1270 g/mol. The van der Waals surface area contributed by atoms with Gasteiger partial charge in [-0.15, -0.1) is 4.52 Å². The van der Waals surface area contributed by atoms with Gasteiger partial charge in [0.2, 0.25) is 0 Å². The molecule has 2 aliphatic heterocycles. The van der Waals surface area contributed by atoms with E-state index in [2.05, 4.69) is 54.8 Å². The molecule has 472 valence electrons. The third-order valence-corrected chi connectivity index (χ3v) is 18.0. The van der Waals surface area contributed by atoms with Crippen LogP contribution in [-0.4, -0.2) is 116 Å². The Balaban J connectivity index is 0.722. The molecule has 2 saturated heterocycles. The zero-order chi connectivity index (χ0) is 63.9. The largest absolute Gasteiger partial charge is 0.573 e. The average molecular weight is 1270 g/mol. The van der Waals surface area contributed by atoms with E-state index in [1.807, 2.05) is 109 Å². The molecule has 25 heteroatoms. The maximum atomic E-state index is 13.7. The third kappa shape index (κ3) is 13.2. The Morgan fingerprint density at radius 1 is 0.750 bits per heavy atom. The summed E-state index contributed by atoms with van der Waals surface area (Å²) >= 11 is 0. The molecule has 0 bridgehead atoms. The van der Waals surface area contributed by atoms with E-state index in [1.165, 1.54) is 23.4 Å². The quantitative estimate of drug-likeness (QED) is 0.0214. The predicted molar refractivity (Wildman–Crippen MR) is 335 cm³/mol. The zero-order valence-electron chi connectivity index (χ0n) is 50.2. The van der Waals surface area contributed by atoms with Gasteiger partial charge in [0.05, 0.1) is 45.7 Å². The van der Waals surface area contributed by atoms with E-state index < -0.39 is 80.5 Å². The van der Waals surface area contributed by atoms with Gasteiger partial charge < -0.3 is 44.2 Å². The van der Waals surface area contributed by atoms with Crippen molar-refractivity contribution in [1.29, 1.82) is 5.26 Å². The lowest BCUT2D eigenvalue weighted by molar-refractivity contribution is -0.0982. The van der Waals surface area contributed by atoms with E-state index in [1.54, 1.807) is 50.0 Å². The van der Waals surface area contributed by atoms with Crippen LogP contribution in [0.5, 0.6) is 11.5 Å². The molecule has 3 aliphatic rings. The maximum absolute atomic E-state index is 13.7. The molecule has 3 aromatic heterocycles. The number of nitrogens with zero attached hydrogens (tertiary/aromatic N) is 6. The number of H-pyrrole nitrogens is 1. The molecule has 2 fully saturated rings. The smallest absolute Gasteiger partial charge is 0.497 e. The van der Waals surface area contributed by atoms with E-state index in [4.69, 9.17) is 42.0 Å². The number of carbonyl (C=O) groups excluding carboxylic acids is 2. The van der Waals surface area contributed by atoms with Crippen LogP contribution in [0.15, 0.2) is 180 Å². The molecule has 5 N–H and O–H groups in total. The van der Waals surface area contributed by atoms with Crippen molar-refractivity contribution in [2.75, 3.05) is 46.0 Å². The minimum Gasteiger partial charge on any atom is -0.497 e. The Kier molecular flexibility index (Phi) is 18.8. The summed E-state index contributed by atoms with van der Waals surface area (Å²) in [4.78, 5) is 80.6. The van der Waals surface area contributed by atoms with Crippen LogP contribution >= 0.6 is 8.17 Å². The number of alkyl carbamates (subject to hydrolysis) is 1. The van der Waals surface area contributed by atoms with Gasteiger partial charge >= 0.3 is 20.0 Å². The number of hydrogen-bond acceptors (Lipinski definition) is 19. The summed E-state index contributed by atoms with van der Waals surface area (Å²) in [5, 5.41) is 26.7. The molecule has 4 unspecified atom stereocenters. The molecule has 1 aliphatic carbocycles. The minimum absolute atomic E-state index is 0.0111. The first-order valence-corrected chi connectivity index (χ1v) is 31.2. The summed E-state index contributed by atoms with van der Waals surface area (Å²) in [5.41, 5.74) is 5.73. The molecule has 9 aromatic rings. The number of aromatic amines is 1. The van der Waals surface area contributed by atoms with Gasteiger partial charge in [-0.05, 0) is 87.8 Å². The summed E-state index contributed by atoms with van der Waals surface area (Å²) in [5.74, 6) is 0.754. The second-order valence-corrected chi connectivity index (χ2v) is 23.8. The SMILES string of the molecule is COc1ccc(C(OC[C@H]2O[C@@H](n3cc(C)c(=O)[nH]c3=O)CC2O[P+](O)(OCCC#N)OC[C@H]2OC(n3cnc4c(NC(=O)c5ccc(CNC(=O)OCC6c7ccccc7-c7ccccc76)cc5)ncnc43)CC2O)(c2ccccc2)c2ccc(OC)cc2)cc1. The van der Waals surface area contributed by atoms with Gasteiger partial charge in [-0.1, -0.05) is 115 Å². The lowest BCUT2D eigenvalue weighted by atomic mass is 9.80. The lowest BCUT2D eigenvalue weighted by Gasteiger charge is -2.37. The van der Waals surface area contributed by atoms with E-state index in [0.717, 1.165) is 33.4 Å². The number of anilines is 1. The predicted octanol–water partition coefficient (Wildman–Crippen LogP) is 8.94. The van der Waals surface area contributed by atoms with Crippen LogP contribution in [0.4, 0.5) is 10.6 Å². The van der Waals surface area contributed by atoms with Crippen molar-refractivity contribution in [1.82, 2.24) is 34.4 Å². The van der Waals surface area contributed by atoms with Gasteiger partial charge in [-0.2, -0.15) is 19.2 Å². The highest BCUT2D eigenvalue weighted by Gasteiger charge is 2.55. The van der Waals surface area contributed by atoms with Gasteiger partial charge in [0.15, 0.2) is 17.0 Å². The average Bonchev–Trinajstić information content (AvgIpc) is 0.972.